The molecule has 2 aromatic rings. The van der Waals surface area contributed by atoms with Gasteiger partial charge in [-0.15, -0.1) is 0 Å². The number of hydrogen-bond donors (Lipinski definition) is 3. The largest absolute Gasteiger partial charge is 0.461 e. The number of nitrogens with zero attached hydrogens (tertiary/aromatic N) is 1. The molecule has 2 fully saturated rings. The Morgan fingerprint density at radius 2 is 2.03 bits per heavy atom. The van der Waals surface area contributed by atoms with Gasteiger partial charge in [-0.25, -0.2) is 13.8 Å². The van der Waals surface area contributed by atoms with Gasteiger partial charge in [-0.1, -0.05) is 18.2 Å². The van der Waals surface area contributed by atoms with Gasteiger partial charge in [0, 0.05) is 12.3 Å². The summed E-state index contributed by atoms with van der Waals surface area (Å²) >= 11 is 0. The molecule has 0 unspecified atom stereocenters. The number of halogens is 1. The number of benzene rings is 1. The molecule has 3 N–H and O–H groups in total. The Kier molecular flexibility index (Phi) is 8.00. The molecule has 37 heavy (non-hydrogen) atoms. The molecule has 1 aromatic carbocycles. The second-order valence-electron chi connectivity index (χ2n) is 9.18. The van der Waals surface area contributed by atoms with Gasteiger partial charge < -0.3 is 19.1 Å². The van der Waals surface area contributed by atoms with Gasteiger partial charge in [0.15, 0.2) is 11.9 Å². The van der Waals surface area contributed by atoms with E-state index in [-0.39, 0.29) is 11.9 Å². The predicted molar refractivity (Wildman–Crippen MR) is 128 cm³/mol. The second kappa shape index (κ2) is 10.9. The fraction of sp³-hybridized carbons (Fsp3) is 0.522. The molecule has 2 aliphatic rings. The first-order chi connectivity index (χ1) is 17.5. The Balaban J connectivity index is 1.49. The van der Waals surface area contributed by atoms with Crippen LogP contribution >= 0.6 is 7.75 Å². The second-order valence-corrected chi connectivity index (χ2v) is 10.9. The summed E-state index contributed by atoms with van der Waals surface area (Å²) in [5.74, 6) is -0.477. The molecule has 1 saturated carbocycles. The van der Waals surface area contributed by atoms with E-state index in [1.807, 2.05) is 4.98 Å². The van der Waals surface area contributed by atoms with Crippen molar-refractivity contribution in [3.63, 3.8) is 0 Å². The van der Waals surface area contributed by atoms with Gasteiger partial charge in [0.25, 0.3) is 5.56 Å². The van der Waals surface area contributed by atoms with E-state index in [4.69, 9.17) is 18.5 Å². The zero-order chi connectivity index (χ0) is 26.8. The van der Waals surface area contributed by atoms with Crippen LogP contribution in [0.2, 0.25) is 0 Å². The monoisotopic (exact) mass is 541 g/mol. The number of nitrogens with one attached hydrogen (secondary N) is 2. The molecule has 202 valence electrons. The maximum atomic E-state index is 15.5. The minimum atomic E-state index is -4.29. The van der Waals surface area contributed by atoms with Crippen LogP contribution in [0.3, 0.4) is 0 Å². The minimum Gasteiger partial charge on any atom is -0.461 e. The first kappa shape index (κ1) is 27.2. The fourth-order valence-corrected chi connectivity index (χ4v) is 5.39. The Morgan fingerprint density at radius 3 is 2.65 bits per heavy atom. The Labute approximate surface area is 211 Å². The van der Waals surface area contributed by atoms with E-state index >= 15 is 4.39 Å². The van der Waals surface area contributed by atoms with Crippen molar-refractivity contribution in [1.82, 2.24) is 14.6 Å². The summed E-state index contributed by atoms with van der Waals surface area (Å²) in [4.78, 5) is 38.0. The molecule has 14 heteroatoms. The molecule has 6 atom stereocenters. The predicted octanol–water partition coefficient (Wildman–Crippen LogP) is 1.80. The lowest BCUT2D eigenvalue weighted by atomic mass is 9.96. The molecule has 12 nitrogen and oxygen atoms in total. The standard InChI is InChI=1S/C23H29FN3O9P/c1-14(20(30)34-15-9-6-10-15)26-37(32,36-16-7-4-3-5-8-16)33-13-17-19(29)23(2,24)21(35-17)27-12-11-18(28)25-22(27)31/h3-5,7-8,11-12,14-15,17,19,21,29H,6,9-10,13H2,1-2H3,(H,26,32)(H,25,28,31)/t14-,17+,19+,21+,23+,37-/m0/s1. The van der Waals surface area contributed by atoms with Crippen LogP contribution in [-0.4, -0.2) is 57.3 Å². The number of aliphatic hydroxyl groups excluding tert-OH is 1. The van der Waals surface area contributed by atoms with Gasteiger partial charge in [0.05, 0.1) is 6.61 Å². The highest BCUT2D eigenvalue weighted by molar-refractivity contribution is 7.52. The maximum Gasteiger partial charge on any atom is 0.459 e. The number of aromatic nitrogens is 2. The van der Waals surface area contributed by atoms with Crippen LogP contribution in [0.5, 0.6) is 5.75 Å². The third-order valence-corrected chi connectivity index (χ3v) is 7.88. The molecule has 1 aliphatic carbocycles. The average molecular weight is 541 g/mol. The van der Waals surface area contributed by atoms with Crippen LogP contribution in [0.25, 0.3) is 0 Å². The topological polar surface area (TPSA) is 158 Å². The highest BCUT2D eigenvalue weighted by atomic mass is 31.2. The van der Waals surface area contributed by atoms with Crippen molar-refractivity contribution < 1.29 is 37.4 Å². The van der Waals surface area contributed by atoms with Gasteiger partial charge in [-0.3, -0.25) is 23.7 Å². The molecule has 1 saturated heterocycles. The fourth-order valence-electron chi connectivity index (χ4n) is 3.89. The van der Waals surface area contributed by atoms with Crippen molar-refractivity contribution in [1.29, 1.82) is 0 Å². The Bertz CT molecular complexity index is 1260. The zero-order valence-corrected chi connectivity index (χ0v) is 21.1. The van der Waals surface area contributed by atoms with Crippen molar-refractivity contribution in [3.05, 3.63) is 63.4 Å². The van der Waals surface area contributed by atoms with Crippen molar-refractivity contribution in [2.75, 3.05) is 6.61 Å². The van der Waals surface area contributed by atoms with Gasteiger partial charge in [-0.2, -0.15) is 5.09 Å². The first-order valence-corrected chi connectivity index (χ1v) is 13.3. The molecule has 0 radical (unpaired) electrons. The molecule has 0 spiro atoms. The number of carbonyl (C=O) groups is 1. The van der Waals surface area contributed by atoms with E-state index in [2.05, 4.69) is 5.09 Å². The van der Waals surface area contributed by atoms with Crippen LogP contribution in [0.1, 0.15) is 39.3 Å². The number of carbonyl (C=O) groups excluding carboxylic acids is 1. The Morgan fingerprint density at radius 1 is 1.32 bits per heavy atom. The minimum absolute atomic E-state index is 0.166. The number of rotatable bonds is 10. The summed E-state index contributed by atoms with van der Waals surface area (Å²) in [5.41, 5.74) is -4.10. The van der Waals surface area contributed by atoms with Crippen molar-refractivity contribution in [3.8, 4) is 5.75 Å². The summed E-state index contributed by atoms with van der Waals surface area (Å²) in [6, 6.07) is 7.96. The number of ether oxygens (including phenoxy) is 2. The lowest BCUT2D eigenvalue weighted by molar-refractivity contribution is -0.154. The average Bonchev–Trinajstić information content (AvgIpc) is 3.04. The van der Waals surface area contributed by atoms with E-state index in [1.54, 1.807) is 18.2 Å². The molecule has 1 aliphatic heterocycles. The first-order valence-electron chi connectivity index (χ1n) is 11.8. The summed E-state index contributed by atoms with van der Waals surface area (Å²) in [5, 5.41) is 13.1. The highest BCUT2D eigenvalue weighted by Crippen LogP contribution is 2.47. The summed E-state index contributed by atoms with van der Waals surface area (Å²) in [6.07, 6.45) is -1.48. The van der Waals surface area contributed by atoms with Gasteiger partial charge >= 0.3 is 19.4 Å². The number of hydrogen-bond acceptors (Lipinski definition) is 9. The number of H-pyrrole nitrogens is 1. The highest BCUT2D eigenvalue weighted by Gasteiger charge is 2.56. The zero-order valence-electron chi connectivity index (χ0n) is 20.2. The van der Waals surface area contributed by atoms with Crippen molar-refractivity contribution >= 4 is 13.7 Å². The molecular formula is C23H29FN3O9P. The summed E-state index contributed by atoms with van der Waals surface area (Å²) in [7, 11) is -4.29. The van der Waals surface area contributed by atoms with Crippen LogP contribution in [0.4, 0.5) is 4.39 Å². The van der Waals surface area contributed by atoms with Crippen molar-refractivity contribution in [2.45, 2.75) is 69.4 Å². The van der Waals surface area contributed by atoms with Gasteiger partial charge in [0.2, 0.25) is 0 Å². The van der Waals surface area contributed by atoms with Crippen LogP contribution in [0.15, 0.2) is 52.2 Å². The molecular weight excluding hydrogens is 512 g/mol. The smallest absolute Gasteiger partial charge is 0.459 e. The van der Waals surface area contributed by atoms with E-state index in [0.29, 0.717) is 0 Å². The van der Waals surface area contributed by atoms with E-state index in [0.717, 1.165) is 43.0 Å². The molecule has 0 bridgehead atoms. The third kappa shape index (κ3) is 6.19. The number of para-hydroxylation sites is 1. The van der Waals surface area contributed by atoms with Crippen LogP contribution in [-0.2, 0) is 23.4 Å². The number of alkyl halides is 1. The molecule has 2 heterocycles. The van der Waals surface area contributed by atoms with Gasteiger partial charge in [0.1, 0.15) is 30.1 Å². The molecule has 0 amide bonds. The number of aliphatic hydroxyl groups is 1. The van der Waals surface area contributed by atoms with Crippen molar-refractivity contribution in [2.24, 2.45) is 0 Å². The SMILES string of the molecule is C[C@H](N[P@](=O)(OC[C@H]1O[C@@H](n2ccc(=O)[nH]c2=O)[C@](C)(F)[C@@H]1O)Oc1ccccc1)C(=O)OC1CCC1. The quantitative estimate of drug-likeness (QED) is 0.299. The maximum absolute atomic E-state index is 15.5. The van der Waals surface area contributed by atoms with E-state index in [9.17, 15) is 24.1 Å². The van der Waals surface area contributed by atoms with Crippen LogP contribution < -0.4 is 20.9 Å². The lowest BCUT2D eigenvalue weighted by Gasteiger charge is -2.28. The van der Waals surface area contributed by atoms with Crippen LogP contribution in [0, 0.1) is 0 Å². The normalized spacial score (nSPS) is 28.2. The summed E-state index contributed by atoms with van der Waals surface area (Å²) < 4.78 is 51.9. The third-order valence-electron chi connectivity index (χ3n) is 6.24. The number of esters is 1. The Hall–Kier alpha value is -2.83. The summed E-state index contributed by atoms with van der Waals surface area (Å²) in [6.45, 7) is 1.83. The van der Waals surface area contributed by atoms with E-state index < -0.39 is 61.7 Å². The van der Waals surface area contributed by atoms with E-state index in [1.165, 1.54) is 19.1 Å². The molecule has 1 aromatic heterocycles. The lowest BCUT2D eigenvalue weighted by Crippen LogP contribution is -2.44. The molecule has 4 rings (SSSR count). The number of aromatic amines is 1. The van der Waals surface area contributed by atoms with Gasteiger partial charge in [-0.05, 0) is 45.2 Å².